The van der Waals surface area contributed by atoms with E-state index in [4.69, 9.17) is 9.05 Å². The quantitative estimate of drug-likeness (QED) is 0.0272. The Morgan fingerprint density at radius 1 is 0.444 bits per heavy atom. The van der Waals surface area contributed by atoms with Crippen LogP contribution in [0.15, 0.2) is 134 Å². The predicted octanol–water partition coefficient (Wildman–Crippen LogP) is 20.4. The third kappa shape index (κ3) is 64.1. The number of phosphoric ester groups is 1. The van der Waals surface area contributed by atoms with E-state index in [9.17, 15) is 19.4 Å². The van der Waals surface area contributed by atoms with Gasteiger partial charge in [0.15, 0.2) is 0 Å². The molecule has 0 rings (SSSR count). The van der Waals surface area contributed by atoms with E-state index < -0.39 is 26.6 Å². The van der Waals surface area contributed by atoms with Crippen molar-refractivity contribution in [3.63, 3.8) is 0 Å². The molecule has 3 unspecified atom stereocenters. The summed E-state index contributed by atoms with van der Waals surface area (Å²) in [4.78, 5) is 25.6. The Kier molecular flexibility index (Phi) is 58.7. The minimum Gasteiger partial charge on any atom is -0.756 e. The summed E-state index contributed by atoms with van der Waals surface area (Å²) in [5.74, 6) is -0.268. The number of carbonyl (C=O) groups is 1. The van der Waals surface area contributed by atoms with E-state index in [1.165, 1.54) is 154 Å². The maximum Gasteiger partial charge on any atom is 0.268 e. The number of aliphatic hydroxyl groups excluding tert-OH is 1. The maximum absolute atomic E-state index is 13.0. The van der Waals surface area contributed by atoms with Gasteiger partial charge >= 0.3 is 0 Å². The second-order valence-corrected chi connectivity index (χ2v) is 24.5. The van der Waals surface area contributed by atoms with E-state index in [2.05, 4.69) is 141 Å². The highest BCUT2D eigenvalue weighted by Gasteiger charge is 2.23. The largest absolute Gasteiger partial charge is 0.756 e. The van der Waals surface area contributed by atoms with Crippen LogP contribution in [0.1, 0.15) is 264 Å². The van der Waals surface area contributed by atoms with Gasteiger partial charge in [-0.1, -0.05) is 295 Å². The van der Waals surface area contributed by atoms with Gasteiger partial charge in [0.05, 0.1) is 39.9 Å². The van der Waals surface area contributed by atoms with Crippen molar-refractivity contribution >= 4 is 13.7 Å². The van der Waals surface area contributed by atoms with Gasteiger partial charge in [0, 0.05) is 6.42 Å². The van der Waals surface area contributed by atoms with Crippen LogP contribution in [0.25, 0.3) is 0 Å². The number of carbonyl (C=O) groups excluding carboxylic acids is 1. The molecule has 0 aliphatic rings. The second kappa shape index (κ2) is 61.2. The van der Waals surface area contributed by atoms with Gasteiger partial charge in [-0.05, 0) is 96.3 Å². The molecule has 0 aliphatic heterocycles. The Bertz CT molecular complexity index is 1780. The van der Waals surface area contributed by atoms with Crippen LogP contribution in [0.5, 0.6) is 0 Å². The van der Waals surface area contributed by atoms with Crippen LogP contribution in [0.3, 0.4) is 0 Å². The van der Waals surface area contributed by atoms with Gasteiger partial charge in [-0.3, -0.25) is 9.36 Å². The molecule has 0 aromatic rings. The number of amides is 1. The first-order chi connectivity index (χ1) is 39.5. The summed E-state index contributed by atoms with van der Waals surface area (Å²) in [5, 5.41) is 13.9. The summed E-state index contributed by atoms with van der Waals surface area (Å²) in [5.41, 5.74) is 0. The van der Waals surface area contributed by atoms with Crippen molar-refractivity contribution in [3.8, 4) is 0 Å². The first kappa shape index (κ1) is 77.6. The average molecular weight is 1150 g/mol. The zero-order chi connectivity index (χ0) is 59.1. The fraction of sp³-hybridized carbons (Fsp3) is 0.681. The molecule has 2 N–H and O–H groups in total. The smallest absolute Gasteiger partial charge is 0.268 e. The number of aliphatic hydroxyl groups is 1. The fourth-order valence-electron chi connectivity index (χ4n) is 9.00. The van der Waals surface area contributed by atoms with Crippen molar-refractivity contribution in [3.05, 3.63) is 134 Å². The normalized spacial score (nSPS) is 14.6. The van der Waals surface area contributed by atoms with Crippen LogP contribution in [-0.2, 0) is 18.4 Å². The Hall–Kier alpha value is -3.36. The van der Waals surface area contributed by atoms with Gasteiger partial charge in [-0.25, -0.2) is 0 Å². The summed E-state index contributed by atoms with van der Waals surface area (Å²) in [6.45, 7) is 4.48. The highest BCUT2D eigenvalue weighted by molar-refractivity contribution is 7.45. The number of nitrogens with zero attached hydrogens (tertiary/aromatic N) is 1. The number of hydrogen-bond acceptors (Lipinski definition) is 6. The Balaban J connectivity index is 4.30. The molecule has 0 saturated carbocycles. The fourth-order valence-corrected chi connectivity index (χ4v) is 9.72. The Labute approximate surface area is 500 Å². The molecule has 0 aliphatic carbocycles. The van der Waals surface area contributed by atoms with Crippen LogP contribution in [0, 0.1) is 0 Å². The lowest BCUT2D eigenvalue weighted by Gasteiger charge is -2.29. The monoisotopic (exact) mass is 1140 g/mol. The molecule has 464 valence electrons. The van der Waals surface area contributed by atoms with E-state index in [-0.39, 0.29) is 18.9 Å². The highest BCUT2D eigenvalue weighted by atomic mass is 31.2. The number of nitrogens with one attached hydrogen (secondary N) is 1. The van der Waals surface area contributed by atoms with E-state index in [1.54, 1.807) is 6.08 Å². The van der Waals surface area contributed by atoms with Gasteiger partial charge in [-0.2, -0.15) is 0 Å². The van der Waals surface area contributed by atoms with Gasteiger partial charge in [0.25, 0.3) is 7.82 Å². The van der Waals surface area contributed by atoms with Gasteiger partial charge in [0.2, 0.25) is 5.91 Å². The van der Waals surface area contributed by atoms with Crippen LogP contribution in [0.2, 0.25) is 0 Å². The molecule has 0 aromatic heterocycles. The first-order valence-corrected chi connectivity index (χ1v) is 34.5. The van der Waals surface area contributed by atoms with Crippen molar-refractivity contribution < 1.29 is 32.9 Å². The van der Waals surface area contributed by atoms with Crippen LogP contribution in [-0.4, -0.2) is 68.5 Å². The number of rotatable bonds is 59. The van der Waals surface area contributed by atoms with Gasteiger partial charge in [-0.15, -0.1) is 0 Å². The number of unbranched alkanes of at least 4 members (excludes halogenated alkanes) is 26. The number of hydrogen-bond donors (Lipinski definition) is 2. The average Bonchev–Trinajstić information content (AvgIpc) is 3.43. The molecule has 0 heterocycles. The van der Waals surface area contributed by atoms with Crippen molar-refractivity contribution in [2.24, 2.45) is 0 Å². The summed E-state index contributed by atoms with van der Waals surface area (Å²) in [6, 6.07) is -0.947. The molecular weight excluding hydrogens is 1020 g/mol. The lowest BCUT2D eigenvalue weighted by atomic mass is 10.0. The van der Waals surface area contributed by atoms with Crippen LogP contribution < -0.4 is 10.2 Å². The number of allylic oxidation sites excluding steroid dienone is 21. The lowest BCUT2D eigenvalue weighted by Crippen LogP contribution is -2.45. The summed E-state index contributed by atoms with van der Waals surface area (Å²) < 4.78 is 23.4. The van der Waals surface area contributed by atoms with Crippen molar-refractivity contribution in [1.82, 2.24) is 5.32 Å². The molecule has 0 bridgehead atoms. The number of quaternary nitrogens is 1. The topological polar surface area (TPSA) is 108 Å². The first-order valence-electron chi connectivity index (χ1n) is 33.0. The van der Waals surface area contributed by atoms with E-state index in [1.807, 2.05) is 27.2 Å². The molecule has 8 nitrogen and oxygen atoms in total. The van der Waals surface area contributed by atoms with E-state index >= 15 is 0 Å². The van der Waals surface area contributed by atoms with E-state index in [0.29, 0.717) is 17.4 Å². The Morgan fingerprint density at radius 2 is 0.765 bits per heavy atom. The molecule has 0 aromatic carbocycles. The molecule has 0 fully saturated rings. The van der Waals surface area contributed by atoms with E-state index in [0.717, 1.165) is 83.5 Å². The van der Waals surface area contributed by atoms with Crippen molar-refractivity contribution in [2.75, 3.05) is 40.9 Å². The van der Waals surface area contributed by atoms with Crippen LogP contribution in [0.4, 0.5) is 0 Å². The Morgan fingerprint density at radius 3 is 1.15 bits per heavy atom. The minimum absolute atomic E-state index is 0.0248. The summed E-state index contributed by atoms with van der Waals surface area (Å²) in [6.07, 6.45) is 92.9. The molecule has 9 heteroatoms. The zero-order valence-corrected chi connectivity index (χ0v) is 53.8. The summed E-state index contributed by atoms with van der Waals surface area (Å²) >= 11 is 0. The number of phosphoric acid groups is 1. The van der Waals surface area contributed by atoms with Crippen LogP contribution >= 0.6 is 7.82 Å². The lowest BCUT2D eigenvalue weighted by molar-refractivity contribution is -0.870. The van der Waals surface area contributed by atoms with Crippen molar-refractivity contribution in [2.45, 2.75) is 276 Å². The van der Waals surface area contributed by atoms with Crippen molar-refractivity contribution in [1.29, 1.82) is 0 Å². The number of likely N-dealkylation sites (N-methyl/N-ethyl adjacent to an activating group) is 1. The molecular formula is C72H125N2O6P. The SMILES string of the molecule is CC/C=C\C/C=C\C/C=C\C/C=C\C/C=C\C/C=C\C/C=C\C/C=C\C/C=C\CCCC(=O)NC(COP(=O)([O-])OCC[N+](C)(C)C)C(O)/C=C/CC/C=C/CCCCCCCCCCCCCCCCCCCCCCCCCC. The molecule has 3 atom stereocenters. The predicted molar refractivity (Wildman–Crippen MR) is 352 cm³/mol. The highest BCUT2D eigenvalue weighted by Crippen LogP contribution is 2.38. The molecule has 81 heavy (non-hydrogen) atoms. The standard InChI is InChI=1S/C72H125N2O6P/c1-6-8-10-12-14-16-18-20-22-24-26-28-30-32-34-36-38-39-41-43-45-47-49-51-53-55-57-59-61-63-65-71(75)70(69-80-81(77,78)79-68-67-74(3,4)5)73-72(76)66-64-62-60-58-56-54-52-50-48-46-44-42-40-37-35-33-31-29-27-25-23-21-19-17-15-13-11-9-7-2/h9,11,15,17,21,23,27,29,33,35,40,42,46,48,52,54-55,57-58,60,63,65,70-71,75H,6-8,10,12-14,16,18-20,22,24-26,28,30-32,34,36-39,41,43-45,47,49-51,53,56,59,61-62,64,66-69H2,1-5H3,(H-,73,76,77,78)/b11-9-,17-15-,23-21-,29-27-,35-33-,42-40-,48-46-,54-52-,57-55+,60-58-,65-63+. The molecule has 0 saturated heterocycles. The molecule has 0 spiro atoms. The summed E-state index contributed by atoms with van der Waals surface area (Å²) in [7, 11) is 1.19. The third-order valence-corrected chi connectivity index (χ3v) is 15.1. The second-order valence-electron chi connectivity index (χ2n) is 23.1. The zero-order valence-electron chi connectivity index (χ0n) is 52.9. The van der Waals surface area contributed by atoms with Gasteiger partial charge in [0.1, 0.15) is 13.2 Å². The maximum atomic E-state index is 13.0. The molecule has 0 radical (unpaired) electrons. The van der Waals surface area contributed by atoms with Gasteiger partial charge < -0.3 is 28.8 Å². The minimum atomic E-state index is -4.64. The molecule has 1 amide bonds. The third-order valence-electron chi connectivity index (χ3n) is 14.1.